The first kappa shape index (κ1) is 14.2. The van der Waals surface area contributed by atoms with Crippen molar-refractivity contribution in [3.8, 4) is 0 Å². The van der Waals surface area contributed by atoms with Gasteiger partial charge in [-0.25, -0.2) is 0 Å². The summed E-state index contributed by atoms with van der Waals surface area (Å²) in [5.74, 6) is 0. The van der Waals surface area contributed by atoms with E-state index in [1.165, 1.54) is 5.56 Å². The predicted molar refractivity (Wildman–Crippen MR) is 81.6 cm³/mol. The summed E-state index contributed by atoms with van der Waals surface area (Å²) in [7, 11) is 2.20. The average Bonchev–Trinajstić information content (AvgIpc) is 2.86. The Morgan fingerprint density at radius 2 is 2.11 bits per heavy atom. The van der Waals surface area contributed by atoms with Crippen LogP contribution in [0.5, 0.6) is 0 Å². The summed E-state index contributed by atoms with van der Waals surface area (Å²) in [4.78, 5) is 2.45. The first-order valence-corrected chi connectivity index (χ1v) is 8.01. The Bertz CT molecular complexity index is 399. The Morgan fingerprint density at radius 3 is 2.78 bits per heavy atom. The van der Waals surface area contributed by atoms with Gasteiger partial charge in [0.2, 0.25) is 0 Å². The van der Waals surface area contributed by atoms with Crippen molar-refractivity contribution in [3.63, 3.8) is 0 Å². The molecule has 1 aromatic rings. The highest BCUT2D eigenvalue weighted by atomic mass is 35.5. The fourth-order valence-electron chi connectivity index (χ4n) is 2.61. The molecule has 3 atom stereocenters. The van der Waals surface area contributed by atoms with Crippen LogP contribution in [0.2, 0.25) is 5.02 Å². The molecular formula is C14H21ClN2S. The molecular weight excluding hydrogens is 264 g/mol. The second-order valence-electron chi connectivity index (χ2n) is 4.86. The van der Waals surface area contributed by atoms with Gasteiger partial charge in [0.15, 0.2) is 0 Å². The van der Waals surface area contributed by atoms with E-state index in [0.717, 1.165) is 18.1 Å². The monoisotopic (exact) mass is 284 g/mol. The summed E-state index contributed by atoms with van der Waals surface area (Å²) in [6.07, 6.45) is 2.19. The van der Waals surface area contributed by atoms with Crippen LogP contribution in [0.1, 0.15) is 18.5 Å². The third-order valence-corrected chi connectivity index (χ3v) is 5.35. The van der Waals surface area contributed by atoms with Crippen LogP contribution in [0.3, 0.4) is 0 Å². The molecule has 0 saturated carbocycles. The minimum atomic E-state index is 0.346. The van der Waals surface area contributed by atoms with Gasteiger partial charge in [-0.1, -0.05) is 29.8 Å². The summed E-state index contributed by atoms with van der Waals surface area (Å²) >= 11 is 8.24. The zero-order valence-electron chi connectivity index (χ0n) is 11.2. The minimum Gasteiger partial charge on any atom is -0.314 e. The smallest absolute Gasteiger partial charge is 0.0453 e. The Morgan fingerprint density at radius 1 is 1.39 bits per heavy atom. The third kappa shape index (κ3) is 2.85. The number of benzene rings is 1. The summed E-state index contributed by atoms with van der Waals surface area (Å²) in [5, 5.41) is 5.01. The van der Waals surface area contributed by atoms with Gasteiger partial charge in [0.05, 0.1) is 0 Å². The highest BCUT2D eigenvalue weighted by Gasteiger charge is 2.32. The fraction of sp³-hybridized carbons (Fsp3) is 0.571. The largest absolute Gasteiger partial charge is 0.314 e. The predicted octanol–water partition coefficient (Wildman–Crippen LogP) is 3.04. The third-order valence-electron chi connectivity index (χ3n) is 3.92. The minimum absolute atomic E-state index is 0.346. The fourth-order valence-corrected chi connectivity index (χ4v) is 3.79. The second-order valence-corrected chi connectivity index (χ2v) is 6.35. The highest BCUT2D eigenvalue weighted by Crippen LogP contribution is 2.30. The number of nitrogens with zero attached hydrogens (tertiary/aromatic N) is 1. The van der Waals surface area contributed by atoms with Crippen LogP contribution in [0, 0.1) is 0 Å². The molecule has 18 heavy (non-hydrogen) atoms. The molecule has 1 aliphatic heterocycles. The van der Waals surface area contributed by atoms with E-state index in [9.17, 15) is 0 Å². The van der Waals surface area contributed by atoms with E-state index in [0.29, 0.717) is 17.3 Å². The van der Waals surface area contributed by atoms with Crippen molar-refractivity contribution in [3.05, 3.63) is 34.9 Å². The molecule has 0 amide bonds. The molecule has 1 fully saturated rings. The lowest BCUT2D eigenvalue weighted by molar-refractivity contribution is 0.200. The number of rotatable bonds is 4. The van der Waals surface area contributed by atoms with Crippen molar-refractivity contribution < 1.29 is 0 Å². The summed E-state index contributed by atoms with van der Waals surface area (Å²) in [6.45, 7) is 4.40. The number of likely N-dealkylation sites (N-methyl/N-ethyl adjacent to an activating group) is 1. The Balaban J connectivity index is 2.13. The maximum absolute atomic E-state index is 6.29. The summed E-state index contributed by atoms with van der Waals surface area (Å²) in [5.41, 5.74) is 1.22. The normalized spacial score (nSPS) is 25.6. The highest BCUT2D eigenvalue weighted by molar-refractivity contribution is 7.99. The van der Waals surface area contributed by atoms with E-state index in [1.54, 1.807) is 0 Å². The first-order chi connectivity index (χ1) is 8.65. The van der Waals surface area contributed by atoms with Gasteiger partial charge in [0, 0.05) is 35.4 Å². The zero-order chi connectivity index (χ0) is 13.1. The topological polar surface area (TPSA) is 15.3 Å². The molecule has 1 N–H and O–H groups in total. The van der Waals surface area contributed by atoms with E-state index in [-0.39, 0.29) is 0 Å². The maximum atomic E-state index is 6.29. The summed E-state index contributed by atoms with van der Waals surface area (Å²) in [6, 6.07) is 9.06. The number of thioether (sulfide) groups is 1. The van der Waals surface area contributed by atoms with Crippen LogP contribution in [0.15, 0.2) is 24.3 Å². The molecule has 100 valence electrons. The molecule has 0 aromatic heterocycles. The Kier molecular flexibility index (Phi) is 4.96. The van der Waals surface area contributed by atoms with E-state index in [1.807, 2.05) is 23.9 Å². The van der Waals surface area contributed by atoms with Gasteiger partial charge >= 0.3 is 0 Å². The molecule has 0 bridgehead atoms. The zero-order valence-corrected chi connectivity index (χ0v) is 12.8. The average molecular weight is 285 g/mol. The second kappa shape index (κ2) is 6.29. The van der Waals surface area contributed by atoms with Gasteiger partial charge in [-0.3, -0.25) is 4.90 Å². The van der Waals surface area contributed by atoms with Crippen LogP contribution < -0.4 is 5.32 Å². The number of halogens is 1. The van der Waals surface area contributed by atoms with Crippen molar-refractivity contribution >= 4 is 23.4 Å². The van der Waals surface area contributed by atoms with Gasteiger partial charge < -0.3 is 5.32 Å². The van der Waals surface area contributed by atoms with E-state index in [4.69, 9.17) is 11.6 Å². The van der Waals surface area contributed by atoms with Crippen molar-refractivity contribution in [2.45, 2.75) is 24.3 Å². The molecule has 3 unspecified atom stereocenters. The number of nitrogens with one attached hydrogen (secondary N) is 1. The van der Waals surface area contributed by atoms with Crippen LogP contribution >= 0.6 is 23.4 Å². The van der Waals surface area contributed by atoms with Gasteiger partial charge in [0.25, 0.3) is 0 Å². The van der Waals surface area contributed by atoms with Crippen LogP contribution in [0.4, 0.5) is 0 Å². The first-order valence-electron chi connectivity index (χ1n) is 6.35. The van der Waals surface area contributed by atoms with Gasteiger partial charge in [-0.15, -0.1) is 0 Å². The Labute approximate surface area is 119 Å². The lowest BCUT2D eigenvalue weighted by atomic mass is 10.0. The standard InChI is InChI=1S/C14H21ClN2S/c1-10(11-6-4-5-7-12(11)15)17(2)13-8-16-9-14(13)18-3/h4-7,10,13-14,16H,8-9H2,1-3H3. The molecule has 1 aliphatic rings. The molecule has 1 saturated heterocycles. The number of hydrogen-bond acceptors (Lipinski definition) is 3. The quantitative estimate of drug-likeness (QED) is 0.915. The molecule has 0 radical (unpaired) electrons. The van der Waals surface area contributed by atoms with E-state index in [2.05, 4.69) is 42.6 Å². The van der Waals surface area contributed by atoms with Gasteiger partial charge in [-0.2, -0.15) is 11.8 Å². The molecule has 1 aromatic carbocycles. The molecule has 2 rings (SSSR count). The molecule has 1 heterocycles. The lowest BCUT2D eigenvalue weighted by Gasteiger charge is -2.33. The van der Waals surface area contributed by atoms with Crippen molar-refractivity contribution in [2.24, 2.45) is 0 Å². The van der Waals surface area contributed by atoms with Gasteiger partial charge in [-0.05, 0) is 31.9 Å². The lowest BCUT2D eigenvalue weighted by Crippen LogP contribution is -2.40. The van der Waals surface area contributed by atoms with Crippen molar-refractivity contribution in [1.82, 2.24) is 10.2 Å². The molecule has 0 aliphatic carbocycles. The van der Waals surface area contributed by atoms with Crippen LogP contribution in [-0.2, 0) is 0 Å². The van der Waals surface area contributed by atoms with Crippen LogP contribution in [-0.4, -0.2) is 42.6 Å². The van der Waals surface area contributed by atoms with Gasteiger partial charge in [0.1, 0.15) is 0 Å². The molecule has 4 heteroatoms. The maximum Gasteiger partial charge on any atom is 0.0453 e. The van der Waals surface area contributed by atoms with E-state index >= 15 is 0 Å². The Hall–Kier alpha value is -0.220. The van der Waals surface area contributed by atoms with E-state index < -0.39 is 0 Å². The van der Waals surface area contributed by atoms with Crippen molar-refractivity contribution in [1.29, 1.82) is 0 Å². The molecule has 2 nitrogen and oxygen atoms in total. The van der Waals surface area contributed by atoms with Crippen molar-refractivity contribution in [2.75, 3.05) is 26.4 Å². The van der Waals surface area contributed by atoms with Crippen LogP contribution in [0.25, 0.3) is 0 Å². The summed E-state index contributed by atoms with van der Waals surface area (Å²) < 4.78 is 0. The number of hydrogen-bond donors (Lipinski definition) is 1. The molecule has 0 spiro atoms. The SMILES string of the molecule is CSC1CNCC1N(C)C(C)c1ccccc1Cl.